The maximum atomic E-state index is 11.7. The van der Waals surface area contributed by atoms with Gasteiger partial charge in [-0.2, -0.15) is 0 Å². The van der Waals surface area contributed by atoms with Gasteiger partial charge in [0.2, 0.25) is 5.76 Å². The summed E-state index contributed by atoms with van der Waals surface area (Å²) in [5.74, 6) is 4.45. The van der Waals surface area contributed by atoms with Crippen molar-refractivity contribution in [1.29, 1.82) is 0 Å². The quantitative estimate of drug-likeness (QED) is 0.458. The first-order valence-electron chi connectivity index (χ1n) is 5.24. The summed E-state index contributed by atoms with van der Waals surface area (Å²) >= 11 is 0. The number of carbonyl (C=O) groups excluding carboxylic acids is 1. The molecule has 0 radical (unpaired) electrons. The number of hydrazine groups is 1. The van der Waals surface area contributed by atoms with Crippen LogP contribution in [0.4, 0.5) is 0 Å². The van der Waals surface area contributed by atoms with Crippen molar-refractivity contribution in [3.05, 3.63) is 46.0 Å². The Labute approximate surface area is 97.2 Å². The van der Waals surface area contributed by atoms with Crippen molar-refractivity contribution in [2.45, 2.75) is 13.3 Å². The number of nitrogens with one attached hydrogen (secondary N) is 1. The van der Waals surface area contributed by atoms with E-state index in [1.54, 1.807) is 18.2 Å². The minimum atomic E-state index is -0.593. The molecule has 1 aromatic heterocycles. The van der Waals surface area contributed by atoms with Crippen LogP contribution in [0.25, 0.3) is 10.8 Å². The summed E-state index contributed by atoms with van der Waals surface area (Å²) < 4.78 is 5.02. The SMILES string of the molecule is CCc1c(C(=O)NN)oc(=O)c2ccccc12. The Balaban J connectivity index is 2.87. The largest absolute Gasteiger partial charge is 0.417 e. The molecule has 2 rings (SSSR count). The molecule has 1 amide bonds. The van der Waals surface area contributed by atoms with Gasteiger partial charge >= 0.3 is 11.5 Å². The Bertz CT molecular complexity index is 631. The summed E-state index contributed by atoms with van der Waals surface area (Å²) in [5, 5.41) is 1.20. The van der Waals surface area contributed by atoms with E-state index >= 15 is 0 Å². The van der Waals surface area contributed by atoms with Crippen molar-refractivity contribution in [1.82, 2.24) is 5.43 Å². The maximum absolute atomic E-state index is 11.7. The average molecular weight is 232 g/mol. The lowest BCUT2D eigenvalue weighted by Gasteiger charge is -2.07. The van der Waals surface area contributed by atoms with Gasteiger partial charge in [-0.05, 0) is 17.9 Å². The van der Waals surface area contributed by atoms with Crippen LogP contribution in [0, 0.1) is 0 Å². The Kier molecular flexibility index (Phi) is 2.93. The molecule has 17 heavy (non-hydrogen) atoms. The predicted octanol–water partition coefficient (Wildman–Crippen LogP) is 0.959. The van der Waals surface area contributed by atoms with Crippen molar-refractivity contribution in [2.75, 3.05) is 0 Å². The fourth-order valence-electron chi connectivity index (χ4n) is 1.86. The van der Waals surface area contributed by atoms with Crippen LogP contribution in [0.3, 0.4) is 0 Å². The van der Waals surface area contributed by atoms with Crippen molar-refractivity contribution >= 4 is 16.7 Å². The first kappa shape index (κ1) is 11.3. The number of benzene rings is 1. The van der Waals surface area contributed by atoms with Crippen LogP contribution in [0.5, 0.6) is 0 Å². The zero-order valence-electron chi connectivity index (χ0n) is 9.32. The third-order valence-electron chi connectivity index (χ3n) is 2.63. The van der Waals surface area contributed by atoms with E-state index in [0.29, 0.717) is 17.4 Å². The molecule has 88 valence electrons. The molecule has 0 bridgehead atoms. The molecule has 0 fully saturated rings. The van der Waals surface area contributed by atoms with E-state index in [9.17, 15) is 9.59 Å². The summed E-state index contributed by atoms with van der Waals surface area (Å²) in [6.45, 7) is 1.88. The molecular weight excluding hydrogens is 220 g/mol. The number of hydrogen-bond donors (Lipinski definition) is 2. The molecule has 0 saturated heterocycles. The van der Waals surface area contributed by atoms with Gasteiger partial charge in [0.15, 0.2) is 0 Å². The molecular formula is C12H12N2O3. The number of hydrogen-bond acceptors (Lipinski definition) is 4. The lowest BCUT2D eigenvalue weighted by Crippen LogP contribution is -2.31. The number of nitrogen functional groups attached to an aromatic ring is 1. The minimum absolute atomic E-state index is 0.0151. The van der Waals surface area contributed by atoms with Crippen LogP contribution < -0.4 is 16.9 Å². The smallest absolute Gasteiger partial charge is 0.344 e. The van der Waals surface area contributed by atoms with Crippen LogP contribution in [0.2, 0.25) is 0 Å². The minimum Gasteiger partial charge on any atom is -0.417 e. The Hall–Kier alpha value is -2.14. The van der Waals surface area contributed by atoms with Crippen molar-refractivity contribution in [2.24, 2.45) is 5.84 Å². The molecule has 0 atom stereocenters. The van der Waals surface area contributed by atoms with Crippen LogP contribution in [-0.4, -0.2) is 5.91 Å². The molecule has 0 spiro atoms. The van der Waals surface area contributed by atoms with Crippen molar-refractivity contribution in [3.8, 4) is 0 Å². The fourth-order valence-corrected chi connectivity index (χ4v) is 1.86. The highest BCUT2D eigenvalue weighted by molar-refractivity contribution is 5.97. The Morgan fingerprint density at radius 1 is 1.35 bits per heavy atom. The normalized spacial score (nSPS) is 10.5. The highest BCUT2D eigenvalue weighted by Crippen LogP contribution is 2.19. The van der Waals surface area contributed by atoms with Crippen LogP contribution in [0.15, 0.2) is 33.5 Å². The number of fused-ring (bicyclic) bond motifs is 1. The molecule has 0 unspecified atom stereocenters. The van der Waals surface area contributed by atoms with Gasteiger partial charge in [-0.15, -0.1) is 0 Å². The predicted molar refractivity (Wildman–Crippen MR) is 63.5 cm³/mol. The standard InChI is InChI=1S/C12H12N2O3/c1-2-7-8-5-3-4-6-9(8)12(16)17-10(7)11(15)14-13/h3-6H,2,13H2,1H3,(H,14,15). The van der Waals surface area contributed by atoms with E-state index in [1.807, 2.05) is 18.4 Å². The average Bonchev–Trinajstić information content (AvgIpc) is 2.38. The van der Waals surface area contributed by atoms with Crippen molar-refractivity contribution < 1.29 is 9.21 Å². The molecule has 3 N–H and O–H groups in total. The number of carbonyl (C=O) groups is 1. The fraction of sp³-hybridized carbons (Fsp3) is 0.167. The second-order valence-corrected chi connectivity index (χ2v) is 3.57. The highest BCUT2D eigenvalue weighted by Gasteiger charge is 2.17. The molecule has 1 aromatic carbocycles. The monoisotopic (exact) mass is 232 g/mol. The van der Waals surface area contributed by atoms with Gasteiger partial charge in [-0.1, -0.05) is 25.1 Å². The second kappa shape index (κ2) is 4.39. The highest BCUT2D eigenvalue weighted by atomic mass is 16.4. The summed E-state index contributed by atoms with van der Waals surface area (Å²) in [6.07, 6.45) is 0.576. The van der Waals surface area contributed by atoms with E-state index in [-0.39, 0.29) is 5.76 Å². The molecule has 0 aliphatic carbocycles. The number of nitrogens with two attached hydrogens (primary N) is 1. The van der Waals surface area contributed by atoms with Gasteiger partial charge in [-0.3, -0.25) is 10.2 Å². The molecule has 5 heteroatoms. The molecule has 0 saturated carbocycles. The van der Waals surface area contributed by atoms with Crippen molar-refractivity contribution in [3.63, 3.8) is 0 Å². The summed E-state index contributed by atoms with van der Waals surface area (Å²) in [6, 6.07) is 7.02. The first-order chi connectivity index (χ1) is 8.19. The molecule has 0 aliphatic rings. The zero-order valence-corrected chi connectivity index (χ0v) is 9.32. The van der Waals surface area contributed by atoms with Gasteiger partial charge in [0, 0.05) is 5.56 Å². The Morgan fingerprint density at radius 2 is 2.00 bits per heavy atom. The lowest BCUT2D eigenvalue weighted by molar-refractivity contribution is 0.0920. The maximum Gasteiger partial charge on any atom is 0.344 e. The Morgan fingerprint density at radius 3 is 2.59 bits per heavy atom. The van der Waals surface area contributed by atoms with E-state index in [4.69, 9.17) is 10.3 Å². The van der Waals surface area contributed by atoms with E-state index in [1.165, 1.54) is 0 Å². The van der Waals surface area contributed by atoms with Crippen LogP contribution in [-0.2, 0) is 6.42 Å². The molecule has 2 aromatic rings. The summed E-state index contributed by atoms with van der Waals surface area (Å²) in [4.78, 5) is 23.2. The molecule has 5 nitrogen and oxygen atoms in total. The van der Waals surface area contributed by atoms with Gasteiger partial charge in [0.05, 0.1) is 5.39 Å². The van der Waals surface area contributed by atoms with Gasteiger partial charge in [0.1, 0.15) is 0 Å². The zero-order chi connectivity index (χ0) is 12.4. The van der Waals surface area contributed by atoms with Gasteiger partial charge in [0.25, 0.3) is 0 Å². The van der Waals surface area contributed by atoms with E-state index in [0.717, 1.165) is 5.39 Å². The third kappa shape index (κ3) is 1.81. The number of rotatable bonds is 2. The number of amides is 1. The lowest BCUT2D eigenvalue weighted by atomic mass is 10.0. The van der Waals surface area contributed by atoms with E-state index < -0.39 is 11.5 Å². The van der Waals surface area contributed by atoms with Crippen LogP contribution in [0.1, 0.15) is 23.0 Å². The molecule has 0 aliphatic heterocycles. The summed E-state index contributed by atoms with van der Waals surface area (Å²) in [5.41, 5.74) is 2.13. The second-order valence-electron chi connectivity index (χ2n) is 3.57. The third-order valence-corrected chi connectivity index (χ3v) is 2.63. The number of aryl methyl sites for hydroxylation is 1. The van der Waals surface area contributed by atoms with Gasteiger partial charge in [-0.25, -0.2) is 10.6 Å². The summed E-state index contributed by atoms with van der Waals surface area (Å²) in [7, 11) is 0. The van der Waals surface area contributed by atoms with E-state index in [2.05, 4.69) is 0 Å². The van der Waals surface area contributed by atoms with Gasteiger partial charge < -0.3 is 4.42 Å². The molecule has 1 heterocycles. The van der Waals surface area contributed by atoms with Crippen LogP contribution >= 0.6 is 0 Å². The first-order valence-corrected chi connectivity index (χ1v) is 5.24. The topological polar surface area (TPSA) is 85.3 Å².